The van der Waals surface area contributed by atoms with Crippen LogP contribution in [0.25, 0.3) is 0 Å². The predicted molar refractivity (Wildman–Crippen MR) is 45.6 cm³/mol. The second kappa shape index (κ2) is 5.13. The van der Waals surface area contributed by atoms with Crippen LogP contribution in [-0.2, 0) is 4.84 Å². The number of rotatable bonds is 4. The molecule has 0 bridgehead atoms. The largest absolute Gasteiger partial charge is 0.393 e. The Morgan fingerprint density at radius 1 is 1.45 bits per heavy atom. The van der Waals surface area contributed by atoms with Crippen molar-refractivity contribution in [2.75, 3.05) is 6.61 Å². The van der Waals surface area contributed by atoms with Gasteiger partial charge in [-0.2, -0.15) is 0 Å². The van der Waals surface area contributed by atoms with E-state index in [4.69, 9.17) is 9.94 Å². The minimum atomic E-state index is -0.446. The number of hydrogen-bond donors (Lipinski definition) is 1. The van der Waals surface area contributed by atoms with Gasteiger partial charge in [-0.15, -0.1) is 0 Å². The van der Waals surface area contributed by atoms with Crippen molar-refractivity contribution in [3.63, 3.8) is 0 Å². The monoisotopic (exact) mass is 159 g/mol. The quantitative estimate of drug-likeness (QED) is 0.498. The van der Waals surface area contributed by atoms with E-state index in [1.165, 1.54) is 0 Å². The summed E-state index contributed by atoms with van der Waals surface area (Å²) >= 11 is 0. The standard InChI is InChI=1S/C8H17NO2/c1-6(2)8(4)9-11-5-7(3)10/h6-7,10H,5H2,1-4H3. The first-order valence-corrected chi connectivity index (χ1v) is 3.88. The Labute approximate surface area is 68.1 Å². The summed E-state index contributed by atoms with van der Waals surface area (Å²) in [4.78, 5) is 4.86. The topological polar surface area (TPSA) is 41.8 Å². The van der Waals surface area contributed by atoms with Crippen molar-refractivity contribution in [3.8, 4) is 0 Å². The first kappa shape index (κ1) is 10.4. The molecule has 1 atom stereocenters. The minimum Gasteiger partial charge on any atom is -0.393 e. The molecule has 0 saturated heterocycles. The molecule has 1 N–H and O–H groups in total. The number of oxime groups is 1. The molecule has 0 amide bonds. The molecule has 0 aliphatic heterocycles. The van der Waals surface area contributed by atoms with Gasteiger partial charge >= 0.3 is 0 Å². The number of aliphatic hydroxyl groups excluding tert-OH is 1. The van der Waals surface area contributed by atoms with Gasteiger partial charge in [-0.3, -0.25) is 0 Å². The van der Waals surface area contributed by atoms with E-state index in [0.717, 1.165) is 5.71 Å². The van der Waals surface area contributed by atoms with Crippen molar-refractivity contribution in [1.82, 2.24) is 0 Å². The Morgan fingerprint density at radius 2 is 2.00 bits per heavy atom. The molecule has 1 unspecified atom stereocenters. The molecule has 0 fully saturated rings. The van der Waals surface area contributed by atoms with E-state index < -0.39 is 6.10 Å². The van der Waals surface area contributed by atoms with Crippen LogP contribution < -0.4 is 0 Å². The maximum absolute atomic E-state index is 8.81. The van der Waals surface area contributed by atoms with Crippen molar-refractivity contribution < 1.29 is 9.94 Å². The normalized spacial score (nSPS) is 15.3. The van der Waals surface area contributed by atoms with Gasteiger partial charge in [-0.25, -0.2) is 0 Å². The lowest BCUT2D eigenvalue weighted by atomic mass is 10.1. The van der Waals surface area contributed by atoms with Crippen LogP contribution in [0.1, 0.15) is 27.7 Å². The number of nitrogens with zero attached hydrogens (tertiary/aromatic N) is 1. The highest BCUT2D eigenvalue weighted by molar-refractivity contribution is 5.83. The third-order valence-electron chi connectivity index (χ3n) is 1.36. The highest BCUT2D eigenvalue weighted by Crippen LogP contribution is 1.96. The SMILES string of the molecule is CC(=NOCC(C)O)C(C)C. The summed E-state index contributed by atoms with van der Waals surface area (Å²) in [6.45, 7) is 7.94. The van der Waals surface area contributed by atoms with Gasteiger partial charge in [0, 0.05) is 0 Å². The Kier molecular flexibility index (Phi) is 4.86. The van der Waals surface area contributed by atoms with Crippen molar-refractivity contribution in [1.29, 1.82) is 0 Å². The lowest BCUT2D eigenvalue weighted by molar-refractivity contribution is 0.0494. The summed E-state index contributed by atoms with van der Waals surface area (Å²) in [6.07, 6.45) is -0.446. The Balaban J connectivity index is 3.57. The van der Waals surface area contributed by atoms with Crippen LogP contribution in [0.2, 0.25) is 0 Å². The molecule has 0 heterocycles. The summed E-state index contributed by atoms with van der Waals surface area (Å²) in [7, 11) is 0. The Bertz CT molecular complexity index is 130. The van der Waals surface area contributed by atoms with Gasteiger partial charge in [-0.1, -0.05) is 19.0 Å². The van der Waals surface area contributed by atoms with Gasteiger partial charge in [0.2, 0.25) is 0 Å². The van der Waals surface area contributed by atoms with E-state index in [2.05, 4.69) is 5.16 Å². The molecule has 0 spiro atoms. The summed E-state index contributed by atoms with van der Waals surface area (Å²) in [5.41, 5.74) is 0.950. The zero-order valence-corrected chi connectivity index (χ0v) is 7.66. The van der Waals surface area contributed by atoms with Gasteiger partial charge < -0.3 is 9.94 Å². The molecule has 0 aliphatic carbocycles. The van der Waals surface area contributed by atoms with E-state index in [1.54, 1.807) is 6.92 Å². The highest BCUT2D eigenvalue weighted by Gasteiger charge is 1.98. The van der Waals surface area contributed by atoms with Gasteiger partial charge in [0.05, 0.1) is 11.8 Å². The molecule has 0 aromatic rings. The van der Waals surface area contributed by atoms with E-state index >= 15 is 0 Å². The summed E-state index contributed by atoms with van der Waals surface area (Å²) in [6, 6.07) is 0. The van der Waals surface area contributed by atoms with E-state index in [1.807, 2.05) is 20.8 Å². The van der Waals surface area contributed by atoms with Gasteiger partial charge in [-0.05, 0) is 19.8 Å². The molecular formula is C8H17NO2. The molecule has 0 aromatic carbocycles. The Morgan fingerprint density at radius 3 is 2.36 bits per heavy atom. The van der Waals surface area contributed by atoms with Crippen LogP contribution in [0.4, 0.5) is 0 Å². The summed E-state index contributed by atoms with van der Waals surface area (Å²) in [5, 5.41) is 12.6. The van der Waals surface area contributed by atoms with Gasteiger partial charge in [0.15, 0.2) is 0 Å². The highest BCUT2D eigenvalue weighted by atomic mass is 16.6. The molecular weight excluding hydrogens is 142 g/mol. The first-order valence-electron chi connectivity index (χ1n) is 3.88. The average molecular weight is 159 g/mol. The lowest BCUT2D eigenvalue weighted by Gasteiger charge is -2.05. The third-order valence-corrected chi connectivity index (χ3v) is 1.36. The fourth-order valence-electron chi connectivity index (χ4n) is 0.352. The van der Waals surface area contributed by atoms with Gasteiger partial charge in [0.25, 0.3) is 0 Å². The Hall–Kier alpha value is -0.570. The van der Waals surface area contributed by atoms with Crippen molar-refractivity contribution in [2.24, 2.45) is 11.1 Å². The maximum Gasteiger partial charge on any atom is 0.142 e. The van der Waals surface area contributed by atoms with E-state index in [0.29, 0.717) is 5.92 Å². The van der Waals surface area contributed by atoms with Crippen molar-refractivity contribution in [3.05, 3.63) is 0 Å². The van der Waals surface area contributed by atoms with Gasteiger partial charge in [0.1, 0.15) is 6.61 Å². The zero-order chi connectivity index (χ0) is 8.85. The molecule has 0 aromatic heterocycles. The fourth-order valence-corrected chi connectivity index (χ4v) is 0.352. The number of hydrogen-bond acceptors (Lipinski definition) is 3. The maximum atomic E-state index is 8.81. The van der Waals surface area contributed by atoms with E-state index in [-0.39, 0.29) is 6.61 Å². The number of aliphatic hydroxyl groups is 1. The molecule has 0 radical (unpaired) electrons. The third kappa shape index (κ3) is 5.85. The average Bonchev–Trinajstić information content (AvgIpc) is 1.86. The molecule has 3 nitrogen and oxygen atoms in total. The lowest BCUT2D eigenvalue weighted by Crippen LogP contribution is -2.10. The van der Waals surface area contributed by atoms with Crippen molar-refractivity contribution in [2.45, 2.75) is 33.8 Å². The summed E-state index contributed by atoms with van der Waals surface area (Å²) < 4.78 is 0. The van der Waals surface area contributed by atoms with Crippen molar-refractivity contribution >= 4 is 5.71 Å². The molecule has 66 valence electrons. The second-order valence-corrected chi connectivity index (χ2v) is 3.03. The fraction of sp³-hybridized carbons (Fsp3) is 0.875. The zero-order valence-electron chi connectivity index (χ0n) is 7.66. The molecule has 11 heavy (non-hydrogen) atoms. The summed E-state index contributed by atoms with van der Waals surface area (Å²) in [5.74, 6) is 0.406. The van der Waals surface area contributed by atoms with E-state index in [9.17, 15) is 0 Å². The van der Waals surface area contributed by atoms with Crippen LogP contribution in [-0.4, -0.2) is 23.5 Å². The minimum absolute atomic E-state index is 0.268. The molecule has 0 rings (SSSR count). The first-order chi connectivity index (χ1) is 5.04. The van der Waals surface area contributed by atoms with Crippen LogP contribution in [0.5, 0.6) is 0 Å². The van der Waals surface area contributed by atoms with Crippen LogP contribution in [0.3, 0.4) is 0 Å². The molecule has 0 saturated carbocycles. The van der Waals surface area contributed by atoms with Crippen LogP contribution in [0.15, 0.2) is 5.16 Å². The second-order valence-electron chi connectivity index (χ2n) is 3.03. The van der Waals surface area contributed by atoms with Crippen LogP contribution >= 0.6 is 0 Å². The predicted octanol–water partition coefficient (Wildman–Crippen LogP) is 1.42. The smallest absolute Gasteiger partial charge is 0.142 e. The van der Waals surface area contributed by atoms with Crippen LogP contribution in [0, 0.1) is 5.92 Å². The molecule has 3 heteroatoms. The molecule has 0 aliphatic rings.